The van der Waals surface area contributed by atoms with E-state index in [2.05, 4.69) is 68.7 Å². The van der Waals surface area contributed by atoms with Crippen LogP contribution in [0.5, 0.6) is 0 Å². The number of hydrogen-bond acceptors (Lipinski definition) is 9. The Hall–Kier alpha value is -1.83. The third kappa shape index (κ3) is 6.09. The van der Waals surface area contributed by atoms with Crippen molar-refractivity contribution in [3.63, 3.8) is 0 Å². The van der Waals surface area contributed by atoms with E-state index < -0.39 is 32.9 Å². The van der Waals surface area contributed by atoms with Gasteiger partial charge in [0.1, 0.15) is 25.1 Å². The average Bonchev–Trinajstić information content (AvgIpc) is 3.39. The molecule has 210 valence electrons. The molecular weight excluding hydrogens is 494 g/mol. The molecule has 4 atom stereocenters. The number of aliphatic hydroxyl groups is 2. The van der Waals surface area contributed by atoms with Gasteiger partial charge in [0.15, 0.2) is 17.4 Å². The molecule has 0 unspecified atom stereocenters. The van der Waals surface area contributed by atoms with E-state index in [-0.39, 0.29) is 24.5 Å². The van der Waals surface area contributed by atoms with Gasteiger partial charge in [0, 0.05) is 6.54 Å². The highest BCUT2D eigenvalue weighted by atomic mass is 28.4. The van der Waals surface area contributed by atoms with E-state index in [1.54, 1.807) is 4.57 Å². The van der Waals surface area contributed by atoms with E-state index in [4.69, 9.17) is 13.9 Å². The second-order valence-electron chi connectivity index (χ2n) is 10.8. The number of nitrogens with zero attached hydrogens (tertiary/aromatic N) is 3. The molecule has 12 heteroatoms. The fourth-order valence-electron chi connectivity index (χ4n) is 5.77. The van der Waals surface area contributed by atoms with Crippen molar-refractivity contribution in [2.45, 2.75) is 109 Å². The lowest BCUT2D eigenvalue weighted by atomic mass is 10.1. The zero-order valence-corrected chi connectivity index (χ0v) is 24.2. The molecule has 11 nitrogen and oxygen atoms in total. The lowest BCUT2D eigenvalue weighted by molar-refractivity contribution is -0.112. The fourth-order valence-corrected chi connectivity index (χ4v) is 11.0. The van der Waals surface area contributed by atoms with E-state index in [1.165, 1.54) is 6.33 Å². The van der Waals surface area contributed by atoms with Gasteiger partial charge in [0.2, 0.25) is 14.3 Å². The fraction of sp³-hybridized carbons (Fsp3) is 0.800. The number of ether oxygens (including phenoxy) is 2. The van der Waals surface area contributed by atoms with Gasteiger partial charge < -0.3 is 29.4 Å². The first-order chi connectivity index (χ1) is 17.6. The number of aliphatic hydroxyl groups excluding tert-OH is 2. The number of aromatic nitrogens is 4. The molecule has 2 aromatic heterocycles. The molecule has 0 amide bonds. The molecule has 0 aliphatic carbocycles. The molecule has 4 N–H and O–H groups in total. The zero-order valence-electron chi connectivity index (χ0n) is 23.2. The molecule has 3 heterocycles. The number of H-pyrrole nitrogens is 1. The van der Waals surface area contributed by atoms with Crippen LogP contribution in [-0.4, -0.2) is 76.3 Å². The summed E-state index contributed by atoms with van der Waals surface area (Å²) in [5, 5.41) is 23.9. The summed E-state index contributed by atoms with van der Waals surface area (Å²) in [5.74, 6) is 0.343. The normalized spacial score (nSPS) is 22.7. The summed E-state index contributed by atoms with van der Waals surface area (Å²) in [5.41, 5.74) is 1.21. The van der Waals surface area contributed by atoms with Crippen molar-refractivity contribution < 1.29 is 24.1 Å². The van der Waals surface area contributed by atoms with Gasteiger partial charge in [-0.25, -0.2) is 4.98 Å². The second-order valence-corrected chi connectivity index (χ2v) is 16.3. The highest BCUT2D eigenvalue weighted by Gasteiger charge is 2.48. The highest BCUT2D eigenvalue weighted by molar-refractivity contribution is 6.77. The van der Waals surface area contributed by atoms with Crippen molar-refractivity contribution in [1.29, 1.82) is 0 Å². The summed E-state index contributed by atoms with van der Waals surface area (Å²) in [6.07, 6.45) is 0.913. The Bertz CT molecular complexity index is 1040. The van der Waals surface area contributed by atoms with Gasteiger partial charge >= 0.3 is 0 Å². The monoisotopic (exact) mass is 539 g/mol. The lowest BCUT2D eigenvalue weighted by Gasteiger charge is -2.42. The Morgan fingerprint density at radius 2 is 1.86 bits per heavy atom. The average molecular weight is 540 g/mol. The van der Waals surface area contributed by atoms with Crippen LogP contribution in [-0.2, 0) is 13.9 Å². The number of aromatic amines is 1. The molecule has 0 spiro atoms. The topological polar surface area (TPSA) is 144 Å². The molecule has 1 aliphatic rings. The Balaban J connectivity index is 1.86. The first kappa shape index (κ1) is 29.7. The van der Waals surface area contributed by atoms with Gasteiger partial charge in [-0.2, -0.15) is 4.98 Å². The zero-order chi connectivity index (χ0) is 27.3. The quantitative estimate of drug-likeness (QED) is 0.161. The Morgan fingerprint density at radius 1 is 1.19 bits per heavy atom. The molecule has 1 saturated heterocycles. The Morgan fingerprint density at radius 3 is 2.46 bits per heavy atom. The van der Waals surface area contributed by atoms with Crippen LogP contribution in [0.15, 0.2) is 11.1 Å². The second kappa shape index (κ2) is 12.8. The number of fused-ring (bicyclic) bond motifs is 1. The van der Waals surface area contributed by atoms with Crippen molar-refractivity contribution >= 4 is 25.4 Å². The molecule has 37 heavy (non-hydrogen) atoms. The molecule has 3 rings (SSSR count). The van der Waals surface area contributed by atoms with E-state index in [9.17, 15) is 15.0 Å². The lowest BCUT2D eigenvalue weighted by Crippen LogP contribution is -2.49. The number of nitrogens with one attached hydrogen (secondary N) is 2. The maximum Gasteiger partial charge on any atom is 0.280 e. The first-order valence-corrected chi connectivity index (χ1v) is 15.6. The maximum atomic E-state index is 12.7. The summed E-state index contributed by atoms with van der Waals surface area (Å²) in [7, 11) is -2.19. The van der Waals surface area contributed by atoms with Gasteiger partial charge in [-0.05, 0) is 23.0 Å². The molecule has 0 radical (unpaired) electrons. The highest BCUT2D eigenvalue weighted by Crippen LogP contribution is 2.42. The predicted molar refractivity (Wildman–Crippen MR) is 145 cm³/mol. The van der Waals surface area contributed by atoms with Crippen molar-refractivity contribution in [3.8, 4) is 0 Å². The molecule has 0 bridgehead atoms. The van der Waals surface area contributed by atoms with Crippen LogP contribution in [0.25, 0.3) is 11.2 Å². The Labute approximate surface area is 220 Å². The van der Waals surface area contributed by atoms with Gasteiger partial charge in [-0.1, -0.05) is 61.3 Å². The van der Waals surface area contributed by atoms with Crippen LogP contribution < -0.4 is 10.9 Å². The maximum absolute atomic E-state index is 12.7. The van der Waals surface area contributed by atoms with Crippen molar-refractivity contribution in [1.82, 2.24) is 19.5 Å². The third-order valence-corrected chi connectivity index (χ3v) is 13.6. The summed E-state index contributed by atoms with van der Waals surface area (Å²) < 4.78 is 20.2. The number of unbranched alkanes of at least 4 members (excludes halogenated alkanes) is 2. The van der Waals surface area contributed by atoms with Crippen molar-refractivity contribution in [3.05, 3.63) is 16.7 Å². The largest absolute Gasteiger partial charge is 0.394 e. The standard InChI is InChI=1S/C25H45N5O6Si/c1-8-9-10-11-26-25-28-22-19(23(33)29-25)27-13-30(22)24-21(20(32)18(12-31)36-24)34-14-35-37(15(2)3,16(4)5)17(6)7/h13,15-18,20-21,24,31-32H,8-12,14H2,1-7H3,(H2,26,28,29,33)/t18-,20-,21-,24-/m1/s1. The minimum atomic E-state index is -2.19. The van der Waals surface area contributed by atoms with E-state index >= 15 is 0 Å². The van der Waals surface area contributed by atoms with Crippen LogP contribution in [0.2, 0.25) is 16.6 Å². The molecule has 1 aliphatic heterocycles. The van der Waals surface area contributed by atoms with Gasteiger partial charge in [-0.15, -0.1) is 0 Å². The number of rotatable bonds is 14. The summed E-state index contributed by atoms with van der Waals surface area (Å²) in [6, 6.07) is 0. The van der Waals surface area contributed by atoms with Crippen LogP contribution >= 0.6 is 0 Å². The molecule has 0 saturated carbocycles. The number of hydrogen-bond donors (Lipinski definition) is 4. The predicted octanol–water partition coefficient (Wildman–Crippen LogP) is 3.51. The van der Waals surface area contributed by atoms with Crippen LogP contribution in [0.1, 0.15) is 74.0 Å². The van der Waals surface area contributed by atoms with E-state index in [1.807, 2.05) is 0 Å². The summed E-state index contributed by atoms with van der Waals surface area (Å²) in [4.78, 5) is 24.2. The number of imidazole rings is 1. The van der Waals surface area contributed by atoms with Gasteiger partial charge in [-0.3, -0.25) is 14.3 Å². The van der Waals surface area contributed by atoms with Crippen LogP contribution in [0, 0.1) is 0 Å². The van der Waals surface area contributed by atoms with Crippen LogP contribution in [0.3, 0.4) is 0 Å². The van der Waals surface area contributed by atoms with Crippen molar-refractivity contribution in [2.24, 2.45) is 0 Å². The van der Waals surface area contributed by atoms with E-state index in [0.29, 0.717) is 34.8 Å². The van der Waals surface area contributed by atoms with Gasteiger partial charge in [0.25, 0.3) is 5.56 Å². The molecule has 1 fully saturated rings. The van der Waals surface area contributed by atoms with Crippen LogP contribution in [0.4, 0.5) is 5.95 Å². The first-order valence-electron chi connectivity index (χ1n) is 13.5. The Kier molecular flexibility index (Phi) is 10.3. The van der Waals surface area contributed by atoms with E-state index in [0.717, 1.165) is 19.3 Å². The smallest absolute Gasteiger partial charge is 0.280 e. The van der Waals surface area contributed by atoms with Crippen molar-refractivity contribution in [2.75, 3.05) is 25.3 Å². The molecule has 0 aromatic carbocycles. The SMILES string of the molecule is CCCCCNc1nc2c(ncn2[C@@H]2O[C@H](CO)[C@@H](O)[C@H]2OCO[Si](C(C)C)(C(C)C)C(C)C)c(=O)[nH]1. The minimum Gasteiger partial charge on any atom is -0.394 e. The number of anilines is 1. The summed E-state index contributed by atoms with van der Waals surface area (Å²) >= 11 is 0. The van der Waals surface area contributed by atoms with Gasteiger partial charge in [0.05, 0.1) is 12.9 Å². The molecular formula is C25H45N5O6Si. The third-order valence-electron chi connectivity index (χ3n) is 7.55. The minimum absolute atomic E-state index is 0.00856. The summed E-state index contributed by atoms with van der Waals surface area (Å²) in [6.45, 7) is 15.6. The molecule has 2 aromatic rings.